The molecule has 1 fully saturated rings. The van der Waals surface area contributed by atoms with Crippen molar-refractivity contribution in [2.24, 2.45) is 0 Å². The van der Waals surface area contributed by atoms with Crippen LogP contribution in [0, 0.1) is 0 Å². The largest absolute Gasteiger partial charge is 0.366 e. The average molecular weight is 263 g/mol. The van der Waals surface area contributed by atoms with E-state index in [1.807, 2.05) is 0 Å². The molecule has 96 valence electrons. The standard InChI is InChI=1S/C15H19ClN2/c16-13-5-4-11-10-2-1-3-14(10)18-9-8-17-7-6-12(13)15(11)18/h4-5,10,14,17H,1-3,6-9H2. The Balaban J connectivity index is 1.90. The van der Waals surface area contributed by atoms with Crippen LogP contribution in [0.1, 0.15) is 36.3 Å². The maximum Gasteiger partial charge on any atom is 0.0459 e. The molecule has 2 heterocycles. The van der Waals surface area contributed by atoms with Gasteiger partial charge in [-0.1, -0.05) is 24.1 Å². The number of nitrogens with zero attached hydrogens (tertiary/aromatic N) is 1. The Morgan fingerprint density at radius 3 is 3.11 bits per heavy atom. The minimum Gasteiger partial charge on any atom is -0.366 e. The number of anilines is 1. The number of rotatable bonds is 0. The first-order valence-corrected chi connectivity index (χ1v) is 7.52. The van der Waals surface area contributed by atoms with Gasteiger partial charge in [0.05, 0.1) is 0 Å². The third kappa shape index (κ3) is 1.45. The van der Waals surface area contributed by atoms with Crippen LogP contribution >= 0.6 is 11.6 Å². The lowest BCUT2D eigenvalue weighted by molar-refractivity contribution is 0.561. The van der Waals surface area contributed by atoms with Crippen LogP contribution in [-0.4, -0.2) is 25.7 Å². The van der Waals surface area contributed by atoms with Crippen molar-refractivity contribution < 1.29 is 0 Å². The van der Waals surface area contributed by atoms with Crippen LogP contribution in [0.4, 0.5) is 5.69 Å². The monoisotopic (exact) mass is 262 g/mol. The van der Waals surface area contributed by atoms with Crippen molar-refractivity contribution in [2.45, 2.75) is 37.6 Å². The molecule has 3 aliphatic rings. The third-order valence-corrected chi connectivity index (χ3v) is 5.26. The van der Waals surface area contributed by atoms with Gasteiger partial charge in [0.1, 0.15) is 0 Å². The zero-order valence-electron chi connectivity index (χ0n) is 10.6. The van der Waals surface area contributed by atoms with Gasteiger partial charge in [-0.15, -0.1) is 0 Å². The maximum absolute atomic E-state index is 6.44. The van der Waals surface area contributed by atoms with Gasteiger partial charge in [-0.2, -0.15) is 0 Å². The van der Waals surface area contributed by atoms with Gasteiger partial charge in [-0.3, -0.25) is 0 Å². The Kier molecular flexibility index (Phi) is 2.56. The van der Waals surface area contributed by atoms with E-state index in [9.17, 15) is 0 Å². The predicted molar refractivity (Wildman–Crippen MR) is 75.8 cm³/mol. The second-order valence-electron chi connectivity index (χ2n) is 5.76. The fraction of sp³-hybridized carbons (Fsp3) is 0.600. The van der Waals surface area contributed by atoms with E-state index in [4.69, 9.17) is 11.6 Å². The predicted octanol–water partition coefficient (Wildman–Crippen LogP) is 2.94. The van der Waals surface area contributed by atoms with Gasteiger partial charge in [0.2, 0.25) is 0 Å². The normalized spacial score (nSPS) is 29.7. The van der Waals surface area contributed by atoms with Crippen LogP contribution in [0.15, 0.2) is 12.1 Å². The Labute approximate surface area is 113 Å². The molecule has 2 aliphatic heterocycles. The van der Waals surface area contributed by atoms with Crippen LogP contribution < -0.4 is 10.2 Å². The van der Waals surface area contributed by atoms with E-state index in [0.29, 0.717) is 0 Å². The molecule has 0 bridgehead atoms. The van der Waals surface area contributed by atoms with Crippen LogP contribution in [0.3, 0.4) is 0 Å². The Hall–Kier alpha value is -0.730. The van der Waals surface area contributed by atoms with Gasteiger partial charge in [0, 0.05) is 35.8 Å². The lowest BCUT2D eigenvalue weighted by atomic mass is 9.95. The fourth-order valence-electron chi connectivity index (χ4n) is 4.16. The van der Waals surface area contributed by atoms with E-state index in [0.717, 1.165) is 43.0 Å². The molecule has 1 aliphatic carbocycles. The highest BCUT2D eigenvalue weighted by molar-refractivity contribution is 6.31. The van der Waals surface area contributed by atoms with E-state index < -0.39 is 0 Å². The van der Waals surface area contributed by atoms with Crippen molar-refractivity contribution in [3.63, 3.8) is 0 Å². The molecule has 0 spiro atoms. The molecule has 2 unspecified atom stereocenters. The number of benzene rings is 1. The van der Waals surface area contributed by atoms with Gasteiger partial charge in [-0.05, 0) is 43.0 Å². The Morgan fingerprint density at radius 2 is 2.17 bits per heavy atom. The van der Waals surface area contributed by atoms with Crippen LogP contribution in [-0.2, 0) is 6.42 Å². The first-order chi connectivity index (χ1) is 8.86. The highest BCUT2D eigenvalue weighted by Gasteiger charge is 2.42. The lowest BCUT2D eigenvalue weighted by Gasteiger charge is -2.30. The summed E-state index contributed by atoms with van der Waals surface area (Å²) in [6.07, 6.45) is 5.17. The summed E-state index contributed by atoms with van der Waals surface area (Å²) in [6, 6.07) is 5.16. The molecular formula is C15H19ClN2. The molecule has 1 saturated carbocycles. The van der Waals surface area contributed by atoms with Crippen LogP contribution in [0.25, 0.3) is 0 Å². The quantitative estimate of drug-likeness (QED) is 0.773. The number of fused-ring (bicyclic) bond motifs is 3. The smallest absolute Gasteiger partial charge is 0.0459 e. The van der Waals surface area contributed by atoms with Crippen molar-refractivity contribution in [1.82, 2.24) is 5.32 Å². The molecule has 0 amide bonds. The van der Waals surface area contributed by atoms with E-state index in [2.05, 4.69) is 22.3 Å². The summed E-state index contributed by atoms with van der Waals surface area (Å²) in [4.78, 5) is 2.65. The second-order valence-corrected chi connectivity index (χ2v) is 6.17. The number of hydrogen-bond acceptors (Lipinski definition) is 2. The van der Waals surface area contributed by atoms with Crippen molar-refractivity contribution in [1.29, 1.82) is 0 Å². The summed E-state index contributed by atoms with van der Waals surface area (Å²) in [5.74, 6) is 0.772. The van der Waals surface area contributed by atoms with Crippen molar-refractivity contribution in [3.05, 3.63) is 28.3 Å². The summed E-state index contributed by atoms with van der Waals surface area (Å²) < 4.78 is 0. The maximum atomic E-state index is 6.44. The van der Waals surface area contributed by atoms with Gasteiger partial charge < -0.3 is 10.2 Å². The summed E-state index contributed by atoms with van der Waals surface area (Å²) in [5, 5.41) is 4.48. The summed E-state index contributed by atoms with van der Waals surface area (Å²) in [5.41, 5.74) is 4.47. The van der Waals surface area contributed by atoms with E-state index in [-0.39, 0.29) is 0 Å². The zero-order valence-corrected chi connectivity index (χ0v) is 11.3. The molecule has 18 heavy (non-hydrogen) atoms. The summed E-state index contributed by atoms with van der Waals surface area (Å²) in [7, 11) is 0. The topological polar surface area (TPSA) is 15.3 Å². The molecule has 1 N–H and O–H groups in total. The minimum absolute atomic E-state index is 0.747. The van der Waals surface area contributed by atoms with E-state index in [1.54, 1.807) is 5.56 Å². The van der Waals surface area contributed by atoms with E-state index >= 15 is 0 Å². The summed E-state index contributed by atoms with van der Waals surface area (Å²) >= 11 is 6.44. The molecule has 1 aromatic rings. The van der Waals surface area contributed by atoms with Gasteiger partial charge in [0.15, 0.2) is 0 Å². The number of halogens is 1. The SMILES string of the molecule is Clc1ccc2c3c1CCNCCN3C1CCCC21. The molecule has 2 nitrogen and oxygen atoms in total. The highest BCUT2D eigenvalue weighted by Crippen LogP contribution is 2.51. The lowest BCUT2D eigenvalue weighted by Crippen LogP contribution is -2.39. The van der Waals surface area contributed by atoms with Crippen LogP contribution in [0.2, 0.25) is 5.02 Å². The van der Waals surface area contributed by atoms with Gasteiger partial charge in [-0.25, -0.2) is 0 Å². The van der Waals surface area contributed by atoms with Gasteiger partial charge in [0.25, 0.3) is 0 Å². The van der Waals surface area contributed by atoms with Crippen molar-refractivity contribution >= 4 is 17.3 Å². The third-order valence-electron chi connectivity index (χ3n) is 4.90. The second kappa shape index (κ2) is 4.14. The minimum atomic E-state index is 0.747. The highest BCUT2D eigenvalue weighted by atomic mass is 35.5. The molecule has 0 radical (unpaired) electrons. The Bertz CT molecular complexity index is 486. The Morgan fingerprint density at radius 1 is 1.22 bits per heavy atom. The molecule has 2 atom stereocenters. The molecule has 0 saturated heterocycles. The average Bonchev–Trinajstić information content (AvgIpc) is 2.88. The summed E-state index contributed by atoms with van der Waals surface area (Å²) in [6.45, 7) is 3.30. The molecular weight excluding hydrogens is 244 g/mol. The van der Waals surface area contributed by atoms with Crippen molar-refractivity contribution in [3.8, 4) is 0 Å². The van der Waals surface area contributed by atoms with Gasteiger partial charge >= 0.3 is 0 Å². The van der Waals surface area contributed by atoms with Crippen LogP contribution in [0.5, 0.6) is 0 Å². The number of hydrogen-bond donors (Lipinski definition) is 1. The van der Waals surface area contributed by atoms with Crippen molar-refractivity contribution in [2.75, 3.05) is 24.5 Å². The molecule has 4 rings (SSSR count). The molecule has 0 aromatic heterocycles. The molecule has 1 aromatic carbocycles. The molecule has 3 heteroatoms. The van der Waals surface area contributed by atoms with E-state index in [1.165, 1.54) is 30.5 Å². The number of nitrogens with one attached hydrogen (secondary N) is 1. The first-order valence-electron chi connectivity index (χ1n) is 7.15. The zero-order chi connectivity index (χ0) is 12.1. The fourth-order valence-corrected chi connectivity index (χ4v) is 4.41. The first kappa shape index (κ1) is 11.1.